The maximum atomic E-state index is 5.93. The molecule has 0 aliphatic carbocycles. The monoisotopic (exact) mass is 285 g/mol. The lowest BCUT2D eigenvalue weighted by atomic mass is 10.1. The molecule has 5 nitrogen and oxygen atoms in total. The predicted octanol–water partition coefficient (Wildman–Crippen LogP) is 2.10. The third-order valence-electron chi connectivity index (χ3n) is 2.87. The summed E-state index contributed by atoms with van der Waals surface area (Å²) in [6.07, 6.45) is 3.37. The first-order chi connectivity index (χ1) is 9.04. The molecule has 1 aromatic heterocycles. The third-order valence-corrected chi connectivity index (χ3v) is 3.21. The summed E-state index contributed by atoms with van der Waals surface area (Å²) in [5.74, 6) is 1.82. The topological polar surface area (TPSA) is 47.5 Å². The van der Waals surface area contributed by atoms with Gasteiger partial charge in [-0.1, -0.05) is 0 Å². The number of nitrogens with zero attached hydrogens (tertiary/aromatic N) is 3. The van der Waals surface area contributed by atoms with Gasteiger partial charge in [0, 0.05) is 13.1 Å². The molecular weight excluding hydrogens is 266 g/mol. The molecule has 0 radical (unpaired) electrons. The van der Waals surface area contributed by atoms with Crippen molar-refractivity contribution in [3.05, 3.63) is 12.4 Å². The van der Waals surface area contributed by atoms with E-state index in [1.807, 2.05) is 6.92 Å². The van der Waals surface area contributed by atoms with Crippen molar-refractivity contribution in [1.29, 1.82) is 0 Å². The van der Waals surface area contributed by atoms with Crippen molar-refractivity contribution in [3.8, 4) is 5.88 Å². The predicted molar refractivity (Wildman–Crippen MR) is 75.1 cm³/mol. The number of alkyl halides is 1. The van der Waals surface area contributed by atoms with Crippen LogP contribution in [0.15, 0.2) is 12.4 Å². The van der Waals surface area contributed by atoms with Gasteiger partial charge in [-0.3, -0.25) is 4.98 Å². The van der Waals surface area contributed by atoms with Crippen LogP contribution in [0.1, 0.15) is 20.8 Å². The minimum absolute atomic E-state index is 0.00275. The lowest BCUT2D eigenvalue weighted by Crippen LogP contribution is -2.53. The largest absolute Gasteiger partial charge is 0.477 e. The van der Waals surface area contributed by atoms with Crippen LogP contribution < -0.4 is 9.64 Å². The fourth-order valence-electron chi connectivity index (χ4n) is 2.26. The number of hydrogen-bond donors (Lipinski definition) is 0. The molecule has 0 bridgehead atoms. The quantitative estimate of drug-likeness (QED) is 0.793. The van der Waals surface area contributed by atoms with Gasteiger partial charge in [-0.15, -0.1) is 11.6 Å². The molecule has 0 amide bonds. The molecule has 2 rings (SSSR count). The van der Waals surface area contributed by atoms with Crippen LogP contribution in [0, 0.1) is 0 Å². The average Bonchev–Trinajstić information content (AvgIpc) is 2.37. The highest BCUT2D eigenvalue weighted by molar-refractivity contribution is 6.18. The van der Waals surface area contributed by atoms with Gasteiger partial charge in [0.25, 0.3) is 0 Å². The van der Waals surface area contributed by atoms with E-state index in [1.54, 1.807) is 12.4 Å². The highest BCUT2D eigenvalue weighted by Gasteiger charge is 2.33. The standard InChI is InChI=1S/C13H20ClN3O2/c1-4-18-12-7-15-6-11(16-12)17-8-10(5-14)19-13(2,3)9-17/h6-7,10H,4-5,8-9H2,1-3H3. The second-order valence-electron chi connectivity index (χ2n) is 5.18. The fraction of sp³-hybridized carbons (Fsp3) is 0.692. The maximum absolute atomic E-state index is 5.93. The van der Waals surface area contributed by atoms with Crippen LogP contribution in [0.4, 0.5) is 5.82 Å². The molecular formula is C13H20ClN3O2. The van der Waals surface area contributed by atoms with E-state index in [0.717, 1.165) is 18.9 Å². The van der Waals surface area contributed by atoms with Gasteiger partial charge >= 0.3 is 0 Å². The van der Waals surface area contributed by atoms with Gasteiger partial charge in [0.2, 0.25) is 5.88 Å². The molecule has 0 spiro atoms. The SMILES string of the molecule is CCOc1cncc(N2CC(CCl)OC(C)(C)C2)n1. The third kappa shape index (κ3) is 3.70. The van der Waals surface area contributed by atoms with Crippen LogP contribution >= 0.6 is 11.6 Å². The summed E-state index contributed by atoms with van der Waals surface area (Å²) in [6, 6.07) is 0. The first-order valence-corrected chi connectivity index (χ1v) is 7.01. The summed E-state index contributed by atoms with van der Waals surface area (Å²) in [4.78, 5) is 10.8. The van der Waals surface area contributed by atoms with E-state index in [0.29, 0.717) is 18.4 Å². The van der Waals surface area contributed by atoms with Crippen LogP contribution in [-0.4, -0.2) is 47.2 Å². The van der Waals surface area contributed by atoms with Crippen molar-refractivity contribution in [2.24, 2.45) is 0 Å². The van der Waals surface area contributed by atoms with Crippen molar-refractivity contribution in [3.63, 3.8) is 0 Å². The number of halogens is 1. The summed E-state index contributed by atoms with van der Waals surface area (Å²) in [5.41, 5.74) is -0.249. The molecule has 2 heterocycles. The van der Waals surface area contributed by atoms with Gasteiger partial charge in [0.05, 0.1) is 36.6 Å². The van der Waals surface area contributed by atoms with Crippen molar-refractivity contribution in [2.75, 3.05) is 30.5 Å². The zero-order valence-corrected chi connectivity index (χ0v) is 12.4. The number of aromatic nitrogens is 2. The Morgan fingerprint density at radius 3 is 3.00 bits per heavy atom. The molecule has 1 fully saturated rings. The first-order valence-electron chi connectivity index (χ1n) is 6.47. The molecule has 0 aromatic carbocycles. The van der Waals surface area contributed by atoms with E-state index in [-0.39, 0.29) is 11.7 Å². The zero-order chi connectivity index (χ0) is 13.9. The van der Waals surface area contributed by atoms with Crippen LogP contribution in [0.5, 0.6) is 5.88 Å². The summed E-state index contributed by atoms with van der Waals surface area (Å²) in [7, 11) is 0. The van der Waals surface area contributed by atoms with Crippen LogP contribution in [0.3, 0.4) is 0 Å². The molecule has 1 aliphatic heterocycles. The van der Waals surface area contributed by atoms with E-state index in [1.165, 1.54) is 0 Å². The summed E-state index contributed by atoms with van der Waals surface area (Å²) >= 11 is 5.93. The number of hydrogen-bond acceptors (Lipinski definition) is 5. The summed E-state index contributed by atoms with van der Waals surface area (Å²) in [6.45, 7) is 8.09. The summed E-state index contributed by atoms with van der Waals surface area (Å²) < 4.78 is 11.3. The van der Waals surface area contributed by atoms with Gasteiger partial charge in [0.1, 0.15) is 0 Å². The van der Waals surface area contributed by atoms with Crippen molar-refractivity contribution < 1.29 is 9.47 Å². The molecule has 0 N–H and O–H groups in total. The smallest absolute Gasteiger partial charge is 0.234 e. The number of morpholine rings is 1. The van der Waals surface area contributed by atoms with E-state index in [2.05, 4.69) is 28.7 Å². The van der Waals surface area contributed by atoms with Crippen LogP contribution in [0.25, 0.3) is 0 Å². The molecule has 19 heavy (non-hydrogen) atoms. The normalized spacial score (nSPS) is 22.3. The Morgan fingerprint density at radius 1 is 1.53 bits per heavy atom. The van der Waals surface area contributed by atoms with Gasteiger partial charge in [-0.05, 0) is 20.8 Å². The Bertz CT molecular complexity index is 428. The van der Waals surface area contributed by atoms with Gasteiger partial charge in [-0.2, -0.15) is 4.98 Å². The average molecular weight is 286 g/mol. The van der Waals surface area contributed by atoms with E-state index in [9.17, 15) is 0 Å². The molecule has 6 heteroatoms. The summed E-state index contributed by atoms with van der Waals surface area (Å²) in [5, 5.41) is 0. The molecule has 106 valence electrons. The zero-order valence-electron chi connectivity index (χ0n) is 11.6. The Hall–Kier alpha value is -1.07. The van der Waals surface area contributed by atoms with Crippen LogP contribution in [0.2, 0.25) is 0 Å². The van der Waals surface area contributed by atoms with Crippen molar-refractivity contribution in [2.45, 2.75) is 32.5 Å². The Morgan fingerprint density at radius 2 is 2.32 bits per heavy atom. The number of rotatable bonds is 4. The minimum Gasteiger partial charge on any atom is -0.477 e. The molecule has 0 saturated carbocycles. The molecule has 1 saturated heterocycles. The van der Waals surface area contributed by atoms with Gasteiger partial charge < -0.3 is 14.4 Å². The van der Waals surface area contributed by atoms with E-state index >= 15 is 0 Å². The van der Waals surface area contributed by atoms with Gasteiger partial charge in [-0.25, -0.2) is 0 Å². The minimum atomic E-state index is -0.249. The van der Waals surface area contributed by atoms with E-state index < -0.39 is 0 Å². The molecule has 1 aromatic rings. The first kappa shape index (κ1) is 14.3. The Labute approximate surface area is 118 Å². The highest BCUT2D eigenvalue weighted by Crippen LogP contribution is 2.25. The lowest BCUT2D eigenvalue weighted by Gasteiger charge is -2.42. The van der Waals surface area contributed by atoms with E-state index in [4.69, 9.17) is 21.1 Å². The maximum Gasteiger partial charge on any atom is 0.234 e. The van der Waals surface area contributed by atoms with Gasteiger partial charge in [0.15, 0.2) is 5.82 Å². The van der Waals surface area contributed by atoms with Crippen molar-refractivity contribution >= 4 is 17.4 Å². The molecule has 1 aliphatic rings. The lowest BCUT2D eigenvalue weighted by molar-refractivity contribution is -0.0736. The Balaban J connectivity index is 2.17. The second kappa shape index (κ2) is 5.92. The van der Waals surface area contributed by atoms with Crippen LogP contribution in [-0.2, 0) is 4.74 Å². The molecule has 1 unspecified atom stereocenters. The Kier molecular flexibility index (Phi) is 4.47. The second-order valence-corrected chi connectivity index (χ2v) is 5.49. The number of ether oxygens (including phenoxy) is 2. The highest BCUT2D eigenvalue weighted by atomic mass is 35.5. The molecule has 1 atom stereocenters. The fourth-order valence-corrected chi connectivity index (χ4v) is 2.42. The number of anilines is 1. The van der Waals surface area contributed by atoms with Crippen molar-refractivity contribution in [1.82, 2.24) is 9.97 Å².